The van der Waals surface area contributed by atoms with Crippen LogP contribution in [0.1, 0.15) is 383 Å². The van der Waals surface area contributed by atoms with Crippen molar-refractivity contribution < 1.29 is 4.17 Å². The van der Waals surface area contributed by atoms with Crippen LogP contribution in [0.3, 0.4) is 0 Å². The summed E-state index contributed by atoms with van der Waals surface area (Å²) in [7, 11) is 2.50. The van der Waals surface area contributed by atoms with Crippen LogP contribution in [0.5, 0.6) is 0 Å². The largest absolute Gasteiger partial charge is 0.0776 e. The van der Waals surface area contributed by atoms with Gasteiger partial charge in [0, 0.05) is 4.17 Å². The first-order chi connectivity index (χ1) is 2.00. The second-order valence-corrected chi connectivity index (χ2v) is 0. The highest BCUT2D eigenvalue weighted by molar-refractivity contribution is 2.55. The van der Waals surface area contributed by atoms with E-state index in [4.69, 9.17) is 2.74 Å². The van der Waals surface area contributed by atoms with E-state index >= 15 is 0 Å². The fourth-order valence-electron chi connectivity index (χ4n) is 0. The Morgan fingerprint density at radius 3 is 0.0784 bits per heavy atom. The summed E-state index contributed by atoms with van der Waals surface area (Å²) >= 11 is 0. The van der Waals surface area contributed by atoms with Crippen molar-refractivity contribution in [3.63, 3.8) is 0 Å². The van der Waals surface area contributed by atoms with Crippen LogP contribution in [0.4, 0.5) is 0 Å². The average Bonchev–Trinajstić information content (AvgIpc) is 1.50. The maximum absolute atomic E-state index is 5.75. The highest BCUT2D eigenvalue weighted by Gasteiger charge is -0.0276. The quantitative estimate of drug-likeness (QED) is 0.228. The van der Waals surface area contributed by atoms with Gasteiger partial charge in [0.1, 0.15) is 0 Å². The van der Waals surface area contributed by atoms with E-state index in [1.165, 1.54) is 14.8 Å². The smallest absolute Gasteiger partial charge is 0.0194 e. The highest BCUT2D eigenvalue weighted by atomic mass is 12.1. The Labute approximate surface area is 382 Å². The molecule has 0 saturated heterocycles. The molecule has 0 radical (unpaired) electrons. The topological polar surface area (TPSA) is 0 Å². The van der Waals surface area contributed by atoms with Crippen LogP contribution in [0.15, 0.2) is 0 Å². The molecule has 0 aliphatic carbocycles. The molecular weight excluding hydrogens is 613 g/mol. The van der Waals surface area contributed by atoms with Crippen molar-refractivity contribution in [2.75, 3.05) is 0 Å². The molecule has 0 fully saturated rings. The van der Waals surface area contributed by atoms with Gasteiger partial charge in [-0.1, -0.05) is 379 Å². The summed E-state index contributed by atoms with van der Waals surface area (Å²) < 4.78 is 11.5. The zero-order chi connectivity index (χ0) is 4.00. The molecule has 0 heteroatoms. The van der Waals surface area contributed by atoms with Crippen molar-refractivity contribution in [3.8, 4) is 0 Å². The van der Waals surface area contributed by atoms with Crippen LogP contribution in [0.2, 0.25) is 0 Å². The van der Waals surface area contributed by atoms with Crippen molar-refractivity contribution in [3.05, 3.63) is 0 Å². The van der Waals surface area contributed by atoms with E-state index < -0.39 is 0 Å². The standard InChI is InChI=1S/51CH4.H2/h51*1H4;1H/i2*1D;;;;;;;;;;;;;;;;;;;;;;;;;;;;;;;;;;;;;;;;;;;;;;;;;;1+1. The zero-order valence-corrected chi connectivity index (χ0v) is 2.00. The Hall–Kier alpha value is 0. The van der Waals surface area contributed by atoms with Crippen molar-refractivity contribution in [1.29, 1.82) is 0 Å². The molecule has 0 aliphatic heterocycles. The molecule has 0 bridgehead atoms. The summed E-state index contributed by atoms with van der Waals surface area (Å²) in [6.07, 6.45) is 0. The van der Waals surface area contributed by atoms with Crippen LogP contribution in [-0.4, -0.2) is 0 Å². The van der Waals surface area contributed by atoms with Gasteiger partial charge in [-0.05, 0) is 0 Å². The summed E-state index contributed by atoms with van der Waals surface area (Å²) in [6, 6.07) is 0. The maximum atomic E-state index is 5.75. The molecule has 0 atom stereocenters. The number of hydrogen-bond donors (Lipinski definition) is 0. The summed E-state index contributed by atoms with van der Waals surface area (Å²) in [6.45, 7) is 0. The Kier molecular flexibility index (Phi) is 0. The van der Waals surface area contributed by atoms with E-state index in [9.17, 15) is 0 Å². The molecular formula is C51H206. The molecule has 0 amide bonds. The van der Waals surface area contributed by atoms with Crippen molar-refractivity contribution in [2.45, 2.75) is 379 Å². The third-order valence-electron chi connectivity index (χ3n) is 0. The lowest BCUT2D eigenvalue weighted by atomic mass is 12.0. The molecule has 0 heterocycles. The Balaban J connectivity index is -0.0000000000154. The first-order valence-corrected chi connectivity index (χ1v) is 0. The van der Waals surface area contributed by atoms with E-state index in [2.05, 4.69) is 0 Å². The van der Waals surface area contributed by atoms with Crippen LogP contribution >= 0.6 is 0 Å². The van der Waals surface area contributed by atoms with Gasteiger partial charge in [-0.25, -0.2) is 0 Å². The highest BCUT2D eigenvalue weighted by Crippen LogP contribution is 0.194. The molecule has 0 unspecified atom stereocenters. The summed E-state index contributed by atoms with van der Waals surface area (Å²) in [5.41, 5.74) is 0. The van der Waals surface area contributed by atoms with Crippen LogP contribution in [-0.2, 0) is 0 Å². The SMILES string of the molecule is C.C.C.C.C.C.C.C.C.C.C.C.C.C.C.C.C.C.C.C.C.C.C.C.C.C.C.C.C.C.C.C.C.C.C.C.C.C.C.C.C.C.C.C.C.C.C.C.C.[2HH].[2H]C.[2H]C. The lowest BCUT2D eigenvalue weighted by Crippen LogP contribution is 0.143. The molecule has 0 aromatic carbocycles. The van der Waals surface area contributed by atoms with Crippen LogP contribution < -0.4 is 0 Å². The maximum Gasteiger partial charge on any atom is 0.0194 e. The van der Waals surface area contributed by atoms with Gasteiger partial charge in [-0.2, -0.15) is 0 Å². The van der Waals surface area contributed by atoms with E-state index in [-0.39, 0.29) is 365 Å². The minimum absolute atomic E-state index is 0. The minimum atomic E-state index is 0. The third kappa shape index (κ3) is 0. The summed E-state index contributed by atoms with van der Waals surface area (Å²) in [5.74, 6) is 0. The molecule has 51 heavy (non-hydrogen) atoms. The van der Waals surface area contributed by atoms with Gasteiger partial charge in [-0.15, -0.1) is 0 Å². The van der Waals surface area contributed by atoms with Crippen LogP contribution in [0, 0.1) is 0 Å². The van der Waals surface area contributed by atoms with Crippen molar-refractivity contribution in [1.82, 2.24) is 0 Å². The Bertz CT molecular complexity index is 16.7. The zero-order valence-electron chi connectivity index (χ0n) is 4.00. The fourth-order valence-corrected chi connectivity index (χ4v) is 0. The predicted octanol–water partition coefficient (Wildman–Crippen LogP) is 32.7. The van der Waals surface area contributed by atoms with E-state index in [1.54, 1.807) is 0 Å². The van der Waals surface area contributed by atoms with Gasteiger partial charge in [0.15, 0.2) is 0 Å². The fraction of sp³-hybridized carbons (Fsp3) is 1.00. The second-order valence-electron chi connectivity index (χ2n) is 0. The predicted molar refractivity (Wildman–Crippen MR) is 345 cm³/mol. The minimum Gasteiger partial charge on any atom is -0.0776 e. The molecule has 0 aliphatic rings. The summed E-state index contributed by atoms with van der Waals surface area (Å²) in [5, 5.41) is 0. The lowest BCUT2D eigenvalue weighted by molar-refractivity contribution is 2.50. The first kappa shape index (κ1) is 31900. The molecule has 0 nitrogen and oxygen atoms in total. The van der Waals surface area contributed by atoms with Gasteiger partial charge < -0.3 is 0 Å². The molecule has 0 aromatic rings. The molecule has 410 valence electrons. The average molecular weight is 823 g/mol. The molecule has 0 N–H and O–H groups in total. The van der Waals surface area contributed by atoms with Crippen molar-refractivity contribution in [2.24, 2.45) is 0 Å². The van der Waals surface area contributed by atoms with Gasteiger partial charge in [-0.3, -0.25) is 0 Å². The summed E-state index contributed by atoms with van der Waals surface area (Å²) in [4.78, 5) is 0. The lowest BCUT2D eigenvalue weighted by Gasteiger charge is -0.0786. The molecule has 0 aromatic heterocycles. The van der Waals surface area contributed by atoms with Gasteiger partial charge in [0.05, 0.1) is 0 Å². The van der Waals surface area contributed by atoms with E-state index in [0.29, 0.717) is 0 Å². The Morgan fingerprint density at radius 1 is 0.0784 bits per heavy atom. The van der Waals surface area contributed by atoms with Crippen molar-refractivity contribution >= 4 is 0 Å². The van der Waals surface area contributed by atoms with E-state index in [0.717, 1.165) is 0 Å². The monoisotopic (exact) mass is 823 g/mol. The molecule has 0 spiro atoms. The number of rotatable bonds is 0. The molecule has 0 saturated carbocycles. The van der Waals surface area contributed by atoms with Gasteiger partial charge in [0.25, 0.3) is 0 Å². The normalized spacial score (nSPS) is 0.275. The molecule has 0 rings (SSSR count). The Morgan fingerprint density at radius 2 is 0.0784 bits per heavy atom. The first-order valence-electron chi connectivity index (χ1n) is 2.00. The second kappa shape index (κ2) is 0. The van der Waals surface area contributed by atoms with Gasteiger partial charge in [0.2, 0.25) is 0 Å². The van der Waals surface area contributed by atoms with E-state index in [1.807, 2.05) is 0 Å². The number of hydrogen-bond acceptors (Lipinski definition) is 0. The third-order valence-corrected chi connectivity index (χ3v) is 0. The van der Waals surface area contributed by atoms with Crippen LogP contribution in [0.25, 0.3) is 0 Å². The van der Waals surface area contributed by atoms with Gasteiger partial charge >= 0.3 is 0 Å².